The van der Waals surface area contributed by atoms with E-state index >= 15 is 0 Å². The van der Waals surface area contributed by atoms with Crippen LogP contribution in [0.15, 0.2) is 24.3 Å². The molecule has 5 heteroatoms. The second-order valence-corrected chi connectivity index (χ2v) is 3.95. The van der Waals surface area contributed by atoms with E-state index in [0.717, 1.165) is 13.0 Å². The van der Waals surface area contributed by atoms with Gasteiger partial charge in [0.1, 0.15) is 12.7 Å². The molecule has 0 saturated heterocycles. The molecule has 102 valence electrons. The average Bonchev–Trinajstić information content (AvgIpc) is 2.37. The van der Waals surface area contributed by atoms with Gasteiger partial charge in [0.25, 0.3) is 0 Å². The first-order valence-electron chi connectivity index (χ1n) is 5.99. The van der Waals surface area contributed by atoms with E-state index < -0.39 is 11.9 Å². The van der Waals surface area contributed by atoms with Gasteiger partial charge in [0.2, 0.25) is 0 Å². The molecule has 1 aromatic rings. The second-order valence-electron chi connectivity index (χ2n) is 3.95. The fourth-order valence-corrected chi connectivity index (χ4v) is 1.42. The number of halogens is 1. The standard InChI is InChI=1S/C13H20FNO3/c1-17-8-4-7-15-9-11(16)10-18-13-6-3-2-5-12(13)14/h2-3,5-6,11,15-16H,4,7-10H2,1H3/t11-/m1/s1. The minimum Gasteiger partial charge on any atom is -0.488 e. The van der Waals surface area contributed by atoms with Crippen molar-refractivity contribution >= 4 is 0 Å². The van der Waals surface area contributed by atoms with Gasteiger partial charge in [0.15, 0.2) is 11.6 Å². The van der Waals surface area contributed by atoms with Crippen molar-refractivity contribution in [3.8, 4) is 5.75 Å². The SMILES string of the molecule is COCCCNC[C@@H](O)COc1ccccc1F. The minimum atomic E-state index is -0.660. The maximum atomic E-state index is 13.2. The second kappa shape index (κ2) is 8.85. The summed E-state index contributed by atoms with van der Waals surface area (Å²) in [6.45, 7) is 1.94. The average molecular weight is 257 g/mol. The molecule has 1 aromatic carbocycles. The Morgan fingerprint density at radius 3 is 2.89 bits per heavy atom. The lowest BCUT2D eigenvalue weighted by molar-refractivity contribution is 0.103. The maximum absolute atomic E-state index is 13.2. The fourth-order valence-electron chi connectivity index (χ4n) is 1.42. The number of hydrogen-bond acceptors (Lipinski definition) is 4. The molecule has 0 radical (unpaired) electrons. The largest absolute Gasteiger partial charge is 0.488 e. The summed E-state index contributed by atoms with van der Waals surface area (Å²) in [5, 5.41) is 12.7. The van der Waals surface area contributed by atoms with E-state index in [-0.39, 0.29) is 12.4 Å². The highest BCUT2D eigenvalue weighted by atomic mass is 19.1. The van der Waals surface area contributed by atoms with Crippen LogP contribution in [0.3, 0.4) is 0 Å². The molecule has 0 spiro atoms. The zero-order valence-corrected chi connectivity index (χ0v) is 10.6. The number of benzene rings is 1. The van der Waals surface area contributed by atoms with Gasteiger partial charge in [-0.1, -0.05) is 12.1 Å². The number of aliphatic hydroxyl groups is 1. The number of aliphatic hydroxyl groups excluding tert-OH is 1. The van der Waals surface area contributed by atoms with Crippen molar-refractivity contribution < 1.29 is 19.0 Å². The molecule has 4 nitrogen and oxygen atoms in total. The minimum absolute atomic E-state index is 0.0677. The summed E-state index contributed by atoms with van der Waals surface area (Å²) in [6.07, 6.45) is 0.226. The highest BCUT2D eigenvalue weighted by molar-refractivity contribution is 5.23. The number of methoxy groups -OCH3 is 1. The first kappa shape index (κ1) is 14.9. The van der Waals surface area contributed by atoms with Crippen molar-refractivity contribution in [3.63, 3.8) is 0 Å². The molecule has 1 atom stereocenters. The molecule has 0 bridgehead atoms. The molecule has 0 aliphatic heterocycles. The van der Waals surface area contributed by atoms with E-state index in [2.05, 4.69) is 5.32 Å². The van der Waals surface area contributed by atoms with Crippen molar-refractivity contribution in [2.75, 3.05) is 33.4 Å². The summed E-state index contributed by atoms with van der Waals surface area (Å²) in [7, 11) is 1.65. The van der Waals surface area contributed by atoms with Gasteiger partial charge in [0.05, 0.1) is 0 Å². The Hall–Kier alpha value is -1.17. The lowest BCUT2D eigenvalue weighted by atomic mass is 10.3. The van der Waals surface area contributed by atoms with Crippen LogP contribution >= 0.6 is 0 Å². The zero-order valence-electron chi connectivity index (χ0n) is 10.6. The van der Waals surface area contributed by atoms with Gasteiger partial charge in [-0.2, -0.15) is 0 Å². The van der Waals surface area contributed by atoms with Crippen LogP contribution in [0.1, 0.15) is 6.42 Å². The van der Waals surface area contributed by atoms with Crippen LogP contribution in [0.5, 0.6) is 5.75 Å². The Bertz CT molecular complexity index is 336. The summed E-state index contributed by atoms with van der Waals surface area (Å²) in [4.78, 5) is 0. The van der Waals surface area contributed by atoms with Crippen LogP contribution in [0.25, 0.3) is 0 Å². The van der Waals surface area contributed by atoms with Crippen molar-refractivity contribution in [3.05, 3.63) is 30.1 Å². The smallest absolute Gasteiger partial charge is 0.165 e. The quantitative estimate of drug-likeness (QED) is 0.653. The Kier molecular flexibility index (Phi) is 7.32. The zero-order chi connectivity index (χ0) is 13.2. The number of ether oxygens (including phenoxy) is 2. The third kappa shape index (κ3) is 5.95. The summed E-state index contributed by atoms with van der Waals surface area (Å²) < 4.78 is 23.3. The summed E-state index contributed by atoms with van der Waals surface area (Å²) >= 11 is 0. The summed E-state index contributed by atoms with van der Waals surface area (Å²) in [5.74, 6) is -0.256. The van der Waals surface area contributed by atoms with E-state index in [1.807, 2.05) is 0 Å². The van der Waals surface area contributed by atoms with E-state index in [9.17, 15) is 9.50 Å². The van der Waals surface area contributed by atoms with Crippen molar-refractivity contribution in [2.24, 2.45) is 0 Å². The predicted molar refractivity (Wildman–Crippen MR) is 67.3 cm³/mol. The van der Waals surface area contributed by atoms with Crippen LogP contribution in [-0.4, -0.2) is 44.6 Å². The number of hydrogen-bond donors (Lipinski definition) is 2. The lowest BCUT2D eigenvalue weighted by Gasteiger charge is -2.13. The molecular weight excluding hydrogens is 237 g/mol. The number of rotatable bonds is 9. The molecule has 0 heterocycles. The van der Waals surface area contributed by atoms with Crippen LogP contribution in [0.4, 0.5) is 4.39 Å². The first-order chi connectivity index (χ1) is 8.74. The van der Waals surface area contributed by atoms with Crippen LogP contribution in [0.2, 0.25) is 0 Å². The Morgan fingerprint density at radius 2 is 2.17 bits per heavy atom. The van der Waals surface area contributed by atoms with Gasteiger partial charge in [-0.25, -0.2) is 4.39 Å². The molecule has 2 N–H and O–H groups in total. The Morgan fingerprint density at radius 1 is 1.39 bits per heavy atom. The highest BCUT2D eigenvalue weighted by Gasteiger charge is 2.07. The van der Waals surface area contributed by atoms with Gasteiger partial charge >= 0.3 is 0 Å². The van der Waals surface area contributed by atoms with Gasteiger partial charge in [-0.05, 0) is 25.1 Å². The molecule has 0 saturated carbocycles. The number of nitrogens with one attached hydrogen (secondary N) is 1. The molecule has 0 unspecified atom stereocenters. The van der Waals surface area contributed by atoms with Crippen molar-refractivity contribution in [1.29, 1.82) is 0 Å². The third-order valence-electron chi connectivity index (χ3n) is 2.35. The van der Waals surface area contributed by atoms with Gasteiger partial charge in [-0.3, -0.25) is 0 Å². The monoisotopic (exact) mass is 257 g/mol. The highest BCUT2D eigenvalue weighted by Crippen LogP contribution is 2.15. The van der Waals surface area contributed by atoms with Crippen LogP contribution in [0, 0.1) is 5.82 Å². The summed E-state index contributed by atoms with van der Waals surface area (Å²) in [6, 6.07) is 6.14. The normalized spacial score (nSPS) is 12.4. The predicted octanol–water partition coefficient (Wildman–Crippen LogP) is 1.19. The van der Waals surface area contributed by atoms with Crippen LogP contribution < -0.4 is 10.1 Å². The van der Waals surface area contributed by atoms with Gasteiger partial charge in [-0.15, -0.1) is 0 Å². The molecule has 0 amide bonds. The van der Waals surface area contributed by atoms with E-state index in [1.54, 1.807) is 19.2 Å². The van der Waals surface area contributed by atoms with Crippen LogP contribution in [-0.2, 0) is 4.74 Å². The molecule has 0 fully saturated rings. The van der Waals surface area contributed by atoms with E-state index in [0.29, 0.717) is 13.2 Å². The molecule has 0 aromatic heterocycles. The first-order valence-corrected chi connectivity index (χ1v) is 5.99. The lowest BCUT2D eigenvalue weighted by Crippen LogP contribution is -2.32. The Labute approximate surface area is 107 Å². The Balaban J connectivity index is 2.13. The van der Waals surface area contributed by atoms with Crippen molar-refractivity contribution in [1.82, 2.24) is 5.32 Å². The topological polar surface area (TPSA) is 50.7 Å². The number of para-hydroxylation sites is 1. The molecule has 1 rings (SSSR count). The molecule has 0 aliphatic rings. The van der Waals surface area contributed by atoms with Gasteiger partial charge in [0, 0.05) is 20.3 Å². The third-order valence-corrected chi connectivity index (χ3v) is 2.35. The van der Waals surface area contributed by atoms with E-state index in [4.69, 9.17) is 9.47 Å². The molecule has 18 heavy (non-hydrogen) atoms. The molecule has 0 aliphatic carbocycles. The van der Waals surface area contributed by atoms with E-state index in [1.165, 1.54) is 12.1 Å². The summed E-state index contributed by atoms with van der Waals surface area (Å²) in [5.41, 5.74) is 0. The van der Waals surface area contributed by atoms with Gasteiger partial charge < -0.3 is 19.9 Å². The van der Waals surface area contributed by atoms with Crippen molar-refractivity contribution in [2.45, 2.75) is 12.5 Å². The maximum Gasteiger partial charge on any atom is 0.165 e. The fraction of sp³-hybridized carbons (Fsp3) is 0.538. The molecular formula is C13H20FNO3.